The molecule has 0 fully saturated rings. The zero-order valence-corrected chi connectivity index (χ0v) is 13.3. The molecule has 0 aromatic carbocycles. The molecule has 0 aromatic rings. The molecule has 0 aliphatic rings. The van der Waals surface area contributed by atoms with Crippen molar-refractivity contribution in [2.24, 2.45) is 0 Å². The average Bonchev–Trinajstić information content (AvgIpc) is 2.16. The summed E-state index contributed by atoms with van der Waals surface area (Å²) in [4.78, 5) is 0. The predicted molar refractivity (Wildman–Crippen MR) is 80.2 cm³/mol. The molecule has 3 atom stereocenters. The summed E-state index contributed by atoms with van der Waals surface area (Å²) in [6, 6.07) is 0. The van der Waals surface area contributed by atoms with E-state index in [1.807, 2.05) is 33.3 Å². The molecule has 0 nitrogen and oxygen atoms in total. The Labute approximate surface area is 107 Å². The number of thioether (sulfide) groups is 1. The van der Waals surface area contributed by atoms with E-state index in [9.17, 15) is 0 Å². The van der Waals surface area contributed by atoms with Crippen LogP contribution in [0.1, 0.15) is 34.1 Å². The Balaban J connectivity index is 4.79. The maximum Gasteiger partial charge on any atom is 0.0384 e. The number of hydrogen-bond acceptors (Lipinski definition) is 4. The highest BCUT2D eigenvalue weighted by Gasteiger charge is 2.44. The first-order chi connectivity index (χ1) is 6.35. The van der Waals surface area contributed by atoms with Crippen LogP contribution in [0.2, 0.25) is 0 Å². The van der Waals surface area contributed by atoms with Gasteiger partial charge >= 0.3 is 0 Å². The van der Waals surface area contributed by atoms with Gasteiger partial charge in [0.1, 0.15) is 0 Å². The lowest BCUT2D eigenvalue weighted by atomic mass is 9.88. The first-order valence-electron chi connectivity index (χ1n) is 4.82. The average molecular weight is 271 g/mol. The zero-order chi connectivity index (χ0) is 11.4. The SMILES string of the molecule is CCC(C)(SSC)C(C)(S)C(C)SC. The quantitative estimate of drug-likeness (QED) is 0.553. The Morgan fingerprint density at radius 1 is 1.29 bits per heavy atom. The fraction of sp³-hybridized carbons (Fsp3) is 1.00. The van der Waals surface area contributed by atoms with Gasteiger partial charge in [-0.25, -0.2) is 0 Å². The van der Waals surface area contributed by atoms with Gasteiger partial charge < -0.3 is 0 Å². The topological polar surface area (TPSA) is 0 Å². The van der Waals surface area contributed by atoms with Crippen molar-refractivity contribution in [3.05, 3.63) is 0 Å². The lowest BCUT2D eigenvalue weighted by Crippen LogP contribution is -2.48. The molecule has 0 N–H and O–H groups in total. The van der Waals surface area contributed by atoms with Crippen LogP contribution in [0.15, 0.2) is 0 Å². The highest BCUT2D eigenvalue weighted by Crippen LogP contribution is 2.50. The van der Waals surface area contributed by atoms with Gasteiger partial charge in [-0.15, -0.1) is 0 Å². The summed E-state index contributed by atoms with van der Waals surface area (Å²) in [5, 5.41) is 0.565. The first kappa shape index (κ1) is 15.4. The lowest BCUT2D eigenvalue weighted by molar-refractivity contribution is 0.468. The number of hydrogen-bond donors (Lipinski definition) is 1. The van der Waals surface area contributed by atoms with Crippen LogP contribution in [0.4, 0.5) is 0 Å². The van der Waals surface area contributed by atoms with E-state index < -0.39 is 0 Å². The van der Waals surface area contributed by atoms with Gasteiger partial charge in [-0.05, 0) is 32.8 Å². The smallest absolute Gasteiger partial charge is 0.0384 e. The van der Waals surface area contributed by atoms with E-state index in [-0.39, 0.29) is 9.49 Å². The van der Waals surface area contributed by atoms with Gasteiger partial charge in [-0.2, -0.15) is 24.4 Å². The molecule has 0 rings (SSSR count). The molecule has 14 heavy (non-hydrogen) atoms. The summed E-state index contributed by atoms with van der Waals surface area (Å²) < 4.78 is 0.298. The Morgan fingerprint density at radius 2 is 1.79 bits per heavy atom. The molecule has 0 saturated carbocycles. The summed E-state index contributed by atoms with van der Waals surface area (Å²) in [7, 11) is 3.80. The van der Waals surface area contributed by atoms with Crippen molar-refractivity contribution in [2.45, 2.75) is 48.9 Å². The summed E-state index contributed by atoms with van der Waals surface area (Å²) in [6.07, 6.45) is 5.47. The van der Waals surface area contributed by atoms with Gasteiger partial charge in [0, 0.05) is 14.7 Å². The monoisotopic (exact) mass is 270 g/mol. The van der Waals surface area contributed by atoms with Gasteiger partial charge in [-0.3, -0.25) is 0 Å². The molecule has 0 radical (unpaired) electrons. The predicted octanol–water partition coefficient (Wildman–Crippen LogP) is 4.61. The third-order valence-corrected chi connectivity index (χ3v) is 8.39. The molecular weight excluding hydrogens is 248 g/mol. The van der Waals surface area contributed by atoms with Gasteiger partial charge in [0.2, 0.25) is 0 Å². The normalized spacial score (nSPS) is 22.5. The minimum Gasteiger partial charge on any atom is -0.170 e. The van der Waals surface area contributed by atoms with E-state index in [0.717, 1.165) is 6.42 Å². The number of thiol groups is 1. The van der Waals surface area contributed by atoms with Crippen molar-refractivity contribution in [3.8, 4) is 0 Å². The lowest BCUT2D eigenvalue weighted by Gasteiger charge is -2.45. The fourth-order valence-electron chi connectivity index (χ4n) is 1.34. The van der Waals surface area contributed by atoms with Gasteiger partial charge in [0.25, 0.3) is 0 Å². The third-order valence-electron chi connectivity index (χ3n) is 3.16. The second kappa shape index (κ2) is 6.21. The van der Waals surface area contributed by atoms with Crippen LogP contribution in [0.25, 0.3) is 0 Å². The van der Waals surface area contributed by atoms with Crippen molar-refractivity contribution >= 4 is 46.0 Å². The van der Waals surface area contributed by atoms with Crippen LogP contribution < -0.4 is 0 Å². The first-order valence-corrected chi connectivity index (χ1v) is 9.12. The molecule has 0 aliphatic heterocycles. The highest BCUT2D eigenvalue weighted by atomic mass is 33.1. The maximum absolute atomic E-state index is 4.90. The minimum atomic E-state index is 0.0643. The van der Waals surface area contributed by atoms with Crippen molar-refractivity contribution < 1.29 is 0 Å². The Morgan fingerprint density at radius 3 is 2.07 bits per heavy atom. The third kappa shape index (κ3) is 3.19. The summed E-state index contributed by atoms with van der Waals surface area (Å²) in [6.45, 7) is 9.12. The fourth-order valence-corrected chi connectivity index (χ4v) is 5.74. The van der Waals surface area contributed by atoms with Gasteiger partial charge in [0.15, 0.2) is 0 Å². The number of rotatable bonds is 6. The Kier molecular flexibility index (Phi) is 6.83. The molecule has 0 heterocycles. The van der Waals surface area contributed by atoms with Gasteiger partial charge in [0.05, 0.1) is 0 Å². The molecule has 0 saturated heterocycles. The minimum absolute atomic E-state index is 0.0643. The molecule has 0 aliphatic carbocycles. The van der Waals surface area contributed by atoms with Crippen LogP contribution in [0, 0.1) is 0 Å². The summed E-state index contributed by atoms with van der Waals surface area (Å²) >= 11 is 6.80. The zero-order valence-electron chi connectivity index (χ0n) is 9.96. The second-order valence-corrected chi connectivity index (χ2v) is 8.87. The molecule has 0 bridgehead atoms. The molecule has 0 amide bonds. The van der Waals surface area contributed by atoms with Crippen molar-refractivity contribution in [1.29, 1.82) is 0 Å². The Bertz CT molecular complexity index is 167. The van der Waals surface area contributed by atoms with E-state index >= 15 is 0 Å². The van der Waals surface area contributed by atoms with E-state index in [0.29, 0.717) is 5.25 Å². The Hall–Kier alpha value is 1.40. The van der Waals surface area contributed by atoms with Crippen molar-refractivity contribution in [3.63, 3.8) is 0 Å². The van der Waals surface area contributed by atoms with E-state index in [1.54, 1.807) is 0 Å². The van der Waals surface area contributed by atoms with E-state index in [1.165, 1.54) is 0 Å². The molecule has 4 heteroatoms. The van der Waals surface area contributed by atoms with E-state index in [2.05, 4.69) is 40.2 Å². The molecule has 0 spiro atoms. The van der Waals surface area contributed by atoms with Gasteiger partial charge in [-0.1, -0.05) is 35.4 Å². The van der Waals surface area contributed by atoms with Crippen LogP contribution in [-0.2, 0) is 0 Å². The molecule has 3 unspecified atom stereocenters. The highest BCUT2D eigenvalue weighted by molar-refractivity contribution is 8.77. The summed E-state index contributed by atoms with van der Waals surface area (Å²) in [5.74, 6) is 0. The summed E-state index contributed by atoms with van der Waals surface area (Å²) in [5.41, 5.74) is 0. The molecule has 0 aromatic heterocycles. The maximum atomic E-state index is 4.90. The van der Waals surface area contributed by atoms with Crippen LogP contribution in [-0.4, -0.2) is 27.3 Å². The second-order valence-electron chi connectivity index (χ2n) is 3.86. The van der Waals surface area contributed by atoms with Crippen molar-refractivity contribution in [1.82, 2.24) is 0 Å². The van der Waals surface area contributed by atoms with Crippen LogP contribution >= 0.6 is 46.0 Å². The molecular formula is C10H22S4. The largest absolute Gasteiger partial charge is 0.170 e. The van der Waals surface area contributed by atoms with Crippen LogP contribution in [0.5, 0.6) is 0 Å². The standard InChI is InChI=1S/C10H22S4/c1-7-9(3,14-13-6)10(4,11)8(2)12-5/h8,11H,7H2,1-6H3. The molecule has 86 valence electrons. The van der Waals surface area contributed by atoms with E-state index in [4.69, 9.17) is 12.6 Å². The van der Waals surface area contributed by atoms with Crippen molar-refractivity contribution in [2.75, 3.05) is 12.5 Å². The van der Waals surface area contributed by atoms with Crippen LogP contribution in [0.3, 0.4) is 0 Å².